The van der Waals surface area contributed by atoms with Crippen molar-refractivity contribution in [3.05, 3.63) is 29.8 Å². The van der Waals surface area contributed by atoms with Crippen molar-refractivity contribution >= 4 is 5.91 Å². The topological polar surface area (TPSA) is 42.0 Å². The third kappa shape index (κ3) is 3.28. The van der Waals surface area contributed by atoms with Crippen molar-refractivity contribution in [2.24, 2.45) is 0 Å². The summed E-state index contributed by atoms with van der Waals surface area (Å²) in [5.74, 6) is 1.05. The van der Waals surface area contributed by atoms with Gasteiger partial charge in [-0.25, -0.2) is 5.06 Å². The van der Waals surface area contributed by atoms with Gasteiger partial charge in [-0.05, 0) is 50.3 Å². The lowest BCUT2D eigenvalue weighted by atomic mass is 9.85. The van der Waals surface area contributed by atoms with Gasteiger partial charge in [0, 0.05) is 25.6 Å². The highest BCUT2D eigenvalue weighted by Crippen LogP contribution is 2.39. The fourth-order valence-corrected chi connectivity index (χ4v) is 4.21. The molecule has 1 spiro atoms. The van der Waals surface area contributed by atoms with Gasteiger partial charge >= 0.3 is 0 Å². The number of hydroxylamine groups is 2. The summed E-state index contributed by atoms with van der Waals surface area (Å²) in [6, 6.07) is 8.78. The molecule has 2 aliphatic rings. The zero-order chi connectivity index (χ0) is 17.2. The molecule has 5 nitrogen and oxygen atoms in total. The molecular formula is C19H28N2O3. The van der Waals surface area contributed by atoms with Gasteiger partial charge < -0.3 is 9.64 Å². The fraction of sp³-hybridized carbons (Fsp3) is 0.632. The molecule has 2 aliphatic heterocycles. The Hall–Kier alpha value is -1.59. The predicted molar refractivity (Wildman–Crippen MR) is 92.8 cm³/mol. The number of likely N-dealkylation sites (tertiary alicyclic amines) is 1. The Bertz CT molecular complexity index is 582. The van der Waals surface area contributed by atoms with Crippen LogP contribution in [0.4, 0.5) is 0 Å². The number of carbonyl (C=O) groups excluding carboxylic acids is 1. The highest BCUT2D eigenvalue weighted by Gasteiger charge is 2.48. The van der Waals surface area contributed by atoms with Crippen molar-refractivity contribution < 1.29 is 14.4 Å². The van der Waals surface area contributed by atoms with E-state index in [1.54, 1.807) is 19.3 Å². The van der Waals surface area contributed by atoms with Crippen LogP contribution in [0.5, 0.6) is 5.75 Å². The van der Waals surface area contributed by atoms with E-state index < -0.39 is 0 Å². The van der Waals surface area contributed by atoms with Crippen LogP contribution in [0.25, 0.3) is 0 Å². The van der Waals surface area contributed by atoms with Crippen LogP contribution in [0.2, 0.25) is 0 Å². The first-order chi connectivity index (χ1) is 11.6. The second-order valence-corrected chi connectivity index (χ2v) is 7.04. The highest BCUT2D eigenvalue weighted by atomic mass is 16.7. The molecule has 132 valence electrons. The normalized spacial score (nSPS) is 22.1. The van der Waals surface area contributed by atoms with E-state index in [4.69, 9.17) is 9.57 Å². The number of piperidine rings is 1. The van der Waals surface area contributed by atoms with Gasteiger partial charge in [0.2, 0.25) is 5.91 Å². The number of rotatable bonds is 5. The molecule has 2 saturated heterocycles. The standard InChI is InChI=1S/C19H28N2O3/c1-15(13-16-5-4-6-17(14-16)23-2)20-11-9-19(10-12-20)8-7-18(22)21(19)24-3/h4-6,14-15H,7-13H2,1-3H3. The Balaban J connectivity index is 1.59. The Morgan fingerprint density at radius 1 is 1.21 bits per heavy atom. The molecule has 0 aliphatic carbocycles. The van der Waals surface area contributed by atoms with Gasteiger partial charge in [0.15, 0.2) is 0 Å². The molecular weight excluding hydrogens is 304 g/mol. The first kappa shape index (κ1) is 17.2. The lowest BCUT2D eigenvalue weighted by Crippen LogP contribution is -2.54. The smallest absolute Gasteiger partial charge is 0.246 e. The van der Waals surface area contributed by atoms with Crippen LogP contribution >= 0.6 is 0 Å². The highest BCUT2D eigenvalue weighted by molar-refractivity contribution is 5.78. The molecule has 2 heterocycles. The van der Waals surface area contributed by atoms with E-state index in [1.807, 2.05) is 12.1 Å². The summed E-state index contributed by atoms with van der Waals surface area (Å²) in [6.45, 7) is 4.31. The summed E-state index contributed by atoms with van der Waals surface area (Å²) in [7, 11) is 3.32. The van der Waals surface area contributed by atoms with Crippen LogP contribution in [0, 0.1) is 0 Å². The Labute approximate surface area is 144 Å². The minimum absolute atomic E-state index is 0.0714. The molecule has 1 unspecified atom stereocenters. The van der Waals surface area contributed by atoms with E-state index in [-0.39, 0.29) is 11.4 Å². The van der Waals surface area contributed by atoms with Gasteiger partial charge in [-0.2, -0.15) is 0 Å². The van der Waals surface area contributed by atoms with E-state index >= 15 is 0 Å². The number of hydrogen-bond donors (Lipinski definition) is 0. The number of hydrogen-bond acceptors (Lipinski definition) is 4. The third-order valence-corrected chi connectivity index (χ3v) is 5.66. The maximum Gasteiger partial charge on any atom is 0.246 e. The van der Waals surface area contributed by atoms with Crippen molar-refractivity contribution in [3.8, 4) is 5.75 Å². The molecule has 0 saturated carbocycles. The third-order valence-electron chi connectivity index (χ3n) is 5.66. The lowest BCUT2D eigenvalue weighted by molar-refractivity contribution is -0.203. The molecule has 1 amide bonds. The van der Waals surface area contributed by atoms with Crippen LogP contribution in [-0.4, -0.2) is 54.8 Å². The number of nitrogens with zero attached hydrogens (tertiary/aromatic N) is 2. The van der Waals surface area contributed by atoms with E-state index in [2.05, 4.69) is 24.0 Å². The molecule has 0 aromatic heterocycles. The molecule has 24 heavy (non-hydrogen) atoms. The van der Waals surface area contributed by atoms with E-state index in [1.165, 1.54) is 5.56 Å². The minimum Gasteiger partial charge on any atom is -0.497 e. The average molecular weight is 332 g/mol. The van der Waals surface area contributed by atoms with Crippen molar-refractivity contribution in [1.82, 2.24) is 9.96 Å². The first-order valence-electron chi connectivity index (χ1n) is 8.82. The summed E-state index contributed by atoms with van der Waals surface area (Å²) in [4.78, 5) is 19.9. The van der Waals surface area contributed by atoms with Gasteiger partial charge in [0.25, 0.3) is 0 Å². The molecule has 1 aromatic rings. The molecule has 3 rings (SSSR count). The predicted octanol–water partition coefficient (Wildman–Crippen LogP) is 2.64. The maximum absolute atomic E-state index is 12.0. The van der Waals surface area contributed by atoms with Crippen LogP contribution in [0.15, 0.2) is 24.3 Å². The zero-order valence-electron chi connectivity index (χ0n) is 15.0. The molecule has 2 fully saturated rings. The van der Waals surface area contributed by atoms with Gasteiger partial charge in [0.1, 0.15) is 5.75 Å². The van der Waals surface area contributed by atoms with Crippen molar-refractivity contribution in [2.75, 3.05) is 27.3 Å². The van der Waals surface area contributed by atoms with Gasteiger partial charge in [-0.1, -0.05) is 12.1 Å². The molecule has 0 N–H and O–H groups in total. The monoisotopic (exact) mass is 332 g/mol. The molecule has 0 bridgehead atoms. The van der Waals surface area contributed by atoms with Crippen LogP contribution in [0.3, 0.4) is 0 Å². The second kappa shape index (κ2) is 7.11. The maximum atomic E-state index is 12.0. The van der Waals surface area contributed by atoms with Gasteiger partial charge in [-0.15, -0.1) is 0 Å². The molecule has 1 atom stereocenters. The van der Waals surface area contributed by atoms with Crippen molar-refractivity contribution in [2.45, 2.75) is 50.6 Å². The van der Waals surface area contributed by atoms with Crippen molar-refractivity contribution in [1.29, 1.82) is 0 Å². The summed E-state index contributed by atoms with van der Waals surface area (Å²) in [6.07, 6.45) is 4.55. The summed E-state index contributed by atoms with van der Waals surface area (Å²) >= 11 is 0. The average Bonchev–Trinajstić information content (AvgIpc) is 2.91. The fourth-order valence-electron chi connectivity index (χ4n) is 4.21. The summed E-state index contributed by atoms with van der Waals surface area (Å²) in [5, 5.41) is 1.65. The lowest BCUT2D eigenvalue weighted by Gasteiger charge is -2.45. The zero-order valence-corrected chi connectivity index (χ0v) is 15.0. The number of methoxy groups -OCH3 is 1. The Kier molecular flexibility index (Phi) is 5.11. The van der Waals surface area contributed by atoms with Crippen LogP contribution in [-0.2, 0) is 16.1 Å². The SMILES string of the molecule is COc1cccc(CC(C)N2CCC3(CCC(=O)N3OC)CC2)c1. The van der Waals surface area contributed by atoms with E-state index in [0.717, 1.165) is 44.5 Å². The number of ether oxygens (including phenoxy) is 1. The van der Waals surface area contributed by atoms with Gasteiger partial charge in [0.05, 0.1) is 19.8 Å². The molecule has 0 radical (unpaired) electrons. The van der Waals surface area contributed by atoms with Crippen LogP contribution in [0.1, 0.15) is 38.2 Å². The largest absolute Gasteiger partial charge is 0.497 e. The summed E-state index contributed by atoms with van der Waals surface area (Å²) in [5.41, 5.74) is 1.23. The molecule has 1 aromatic carbocycles. The first-order valence-corrected chi connectivity index (χ1v) is 8.82. The Morgan fingerprint density at radius 3 is 2.62 bits per heavy atom. The van der Waals surface area contributed by atoms with Crippen molar-refractivity contribution in [3.63, 3.8) is 0 Å². The quantitative estimate of drug-likeness (QED) is 0.831. The van der Waals surface area contributed by atoms with Crippen LogP contribution < -0.4 is 4.74 Å². The van der Waals surface area contributed by atoms with Gasteiger partial charge in [-0.3, -0.25) is 9.63 Å². The number of carbonyl (C=O) groups is 1. The number of amides is 1. The second-order valence-electron chi connectivity index (χ2n) is 7.04. The van der Waals surface area contributed by atoms with E-state index in [0.29, 0.717) is 12.5 Å². The van der Waals surface area contributed by atoms with E-state index in [9.17, 15) is 4.79 Å². The number of benzene rings is 1. The molecule has 5 heteroatoms. The Morgan fingerprint density at radius 2 is 1.96 bits per heavy atom. The summed E-state index contributed by atoms with van der Waals surface area (Å²) < 4.78 is 5.31. The minimum atomic E-state index is -0.0714.